The number of hydrogen-bond acceptors (Lipinski definition) is 2. The van der Waals surface area contributed by atoms with Gasteiger partial charge in [0.25, 0.3) is 0 Å². The van der Waals surface area contributed by atoms with E-state index in [1.165, 1.54) is 10.9 Å². The average molecular weight is 294 g/mol. The maximum Gasteiger partial charge on any atom is 0.171 e. The lowest BCUT2D eigenvalue weighted by Gasteiger charge is -2.16. The third-order valence-electron chi connectivity index (χ3n) is 2.75. The third-order valence-corrected chi connectivity index (χ3v) is 4.02. The molecular formula is C14H15FN2S2. The van der Waals surface area contributed by atoms with E-state index in [0.29, 0.717) is 16.4 Å². The zero-order valence-electron chi connectivity index (χ0n) is 10.7. The van der Waals surface area contributed by atoms with Crippen LogP contribution in [0.1, 0.15) is 23.4 Å². The fourth-order valence-corrected chi connectivity index (χ4v) is 2.67. The van der Waals surface area contributed by atoms with Gasteiger partial charge in [-0.15, -0.1) is 11.3 Å². The van der Waals surface area contributed by atoms with E-state index in [1.807, 2.05) is 24.4 Å². The van der Waals surface area contributed by atoms with Crippen molar-refractivity contribution in [3.05, 3.63) is 52.0 Å². The van der Waals surface area contributed by atoms with Crippen LogP contribution in [-0.2, 0) is 0 Å². The van der Waals surface area contributed by atoms with Crippen molar-refractivity contribution < 1.29 is 4.39 Å². The monoisotopic (exact) mass is 294 g/mol. The summed E-state index contributed by atoms with van der Waals surface area (Å²) < 4.78 is 13.4. The van der Waals surface area contributed by atoms with Gasteiger partial charge in [0.1, 0.15) is 5.82 Å². The van der Waals surface area contributed by atoms with Gasteiger partial charge in [0, 0.05) is 10.6 Å². The van der Waals surface area contributed by atoms with E-state index < -0.39 is 0 Å². The Morgan fingerprint density at radius 3 is 2.79 bits per heavy atom. The Hall–Kier alpha value is -1.46. The van der Waals surface area contributed by atoms with Gasteiger partial charge in [-0.3, -0.25) is 0 Å². The molecule has 0 amide bonds. The molecule has 0 spiro atoms. The molecule has 1 aromatic carbocycles. The molecule has 1 aromatic heterocycles. The first-order chi connectivity index (χ1) is 9.06. The van der Waals surface area contributed by atoms with Crippen molar-refractivity contribution in [2.24, 2.45) is 0 Å². The van der Waals surface area contributed by atoms with Crippen molar-refractivity contribution in [2.45, 2.75) is 19.9 Å². The van der Waals surface area contributed by atoms with Crippen molar-refractivity contribution in [3.63, 3.8) is 0 Å². The highest BCUT2D eigenvalue weighted by Gasteiger charge is 2.08. The summed E-state index contributed by atoms with van der Waals surface area (Å²) in [5.41, 5.74) is 1.27. The average Bonchev–Trinajstić information content (AvgIpc) is 2.87. The highest BCUT2D eigenvalue weighted by atomic mass is 32.1. The lowest BCUT2D eigenvalue weighted by Crippen LogP contribution is -2.30. The van der Waals surface area contributed by atoms with Gasteiger partial charge in [-0.1, -0.05) is 12.1 Å². The summed E-state index contributed by atoms with van der Waals surface area (Å²) in [5.74, 6) is -0.237. The maximum absolute atomic E-state index is 13.4. The van der Waals surface area contributed by atoms with Crippen LogP contribution in [0.15, 0.2) is 35.7 Å². The molecule has 0 aliphatic rings. The van der Waals surface area contributed by atoms with Gasteiger partial charge in [-0.25, -0.2) is 4.39 Å². The zero-order valence-corrected chi connectivity index (χ0v) is 12.4. The largest absolute Gasteiger partial charge is 0.355 e. The van der Waals surface area contributed by atoms with Gasteiger partial charge < -0.3 is 10.6 Å². The number of rotatable bonds is 3. The molecule has 2 rings (SSSR count). The van der Waals surface area contributed by atoms with Crippen molar-refractivity contribution in [3.8, 4) is 0 Å². The number of anilines is 1. The molecule has 0 aliphatic carbocycles. The van der Waals surface area contributed by atoms with Gasteiger partial charge in [0.15, 0.2) is 5.11 Å². The molecule has 0 aliphatic heterocycles. The standard InChI is InChI=1S/C14H15FN2S2/c1-9-5-6-11(8-12(9)15)17-14(18)16-10(2)13-4-3-7-19-13/h3-8,10H,1-2H3,(H2,16,17,18)/t10-/m1/s1. The molecule has 19 heavy (non-hydrogen) atoms. The molecule has 2 aromatic rings. The molecular weight excluding hydrogens is 279 g/mol. The Labute approximate surface area is 121 Å². The Morgan fingerprint density at radius 2 is 2.16 bits per heavy atom. The minimum absolute atomic E-state index is 0.135. The first-order valence-corrected chi connectivity index (χ1v) is 7.22. The van der Waals surface area contributed by atoms with Gasteiger partial charge >= 0.3 is 0 Å². The molecule has 2 N–H and O–H groups in total. The fourth-order valence-electron chi connectivity index (χ4n) is 1.64. The summed E-state index contributed by atoms with van der Waals surface area (Å²) in [4.78, 5) is 1.21. The molecule has 2 nitrogen and oxygen atoms in total. The first kappa shape index (κ1) is 14.0. The second kappa shape index (κ2) is 6.12. The Kier molecular flexibility index (Phi) is 4.50. The zero-order chi connectivity index (χ0) is 13.8. The lowest BCUT2D eigenvalue weighted by molar-refractivity contribution is 0.619. The van der Waals surface area contributed by atoms with Crippen LogP contribution in [0.25, 0.3) is 0 Å². The minimum atomic E-state index is -0.237. The second-order valence-corrected chi connectivity index (χ2v) is 5.69. The molecule has 0 bridgehead atoms. The molecule has 0 unspecified atom stereocenters. The van der Waals surface area contributed by atoms with Crippen LogP contribution in [0.4, 0.5) is 10.1 Å². The summed E-state index contributed by atoms with van der Waals surface area (Å²) in [6.45, 7) is 3.77. The van der Waals surface area contributed by atoms with Crippen LogP contribution in [-0.4, -0.2) is 5.11 Å². The highest BCUT2D eigenvalue weighted by Crippen LogP contribution is 2.18. The molecule has 0 saturated carbocycles. The predicted molar refractivity (Wildman–Crippen MR) is 83.2 cm³/mol. The number of thiocarbonyl (C=S) groups is 1. The summed E-state index contributed by atoms with van der Waals surface area (Å²) >= 11 is 6.90. The summed E-state index contributed by atoms with van der Waals surface area (Å²) in [7, 11) is 0. The SMILES string of the molecule is Cc1ccc(NC(=S)N[C@H](C)c2cccs2)cc1F. The highest BCUT2D eigenvalue weighted by molar-refractivity contribution is 7.80. The third kappa shape index (κ3) is 3.75. The van der Waals surface area contributed by atoms with E-state index in [9.17, 15) is 4.39 Å². The van der Waals surface area contributed by atoms with Crippen molar-refractivity contribution in [1.82, 2.24) is 5.32 Å². The second-order valence-electron chi connectivity index (χ2n) is 4.30. The van der Waals surface area contributed by atoms with E-state index in [-0.39, 0.29) is 11.9 Å². The van der Waals surface area contributed by atoms with Crippen LogP contribution in [0, 0.1) is 12.7 Å². The van der Waals surface area contributed by atoms with Crippen molar-refractivity contribution >= 4 is 34.4 Å². The number of halogens is 1. The van der Waals surface area contributed by atoms with E-state index >= 15 is 0 Å². The van der Waals surface area contributed by atoms with Crippen molar-refractivity contribution in [2.75, 3.05) is 5.32 Å². The molecule has 1 heterocycles. The van der Waals surface area contributed by atoms with Gasteiger partial charge in [0.2, 0.25) is 0 Å². The van der Waals surface area contributed by atoms with E-state index in [4.69, 9.17) is 12.2 Å². The fraction of sp³-hybridized carbons (Fsp3) is 0.214. The van der Waals surface area contributed by atoms with E-state index in [2.05, 4.69) is 16.7 Å². The lowest BCUT2D eigenvalue weighted by atomic mass is 10.2. The van der Waals surface area contributed by atoms with Gasteiger partial charge in [-0.2, -0.15) is 0 Å². The van der Waals surface area contributed by atoms with Gasteiger partial charge in [-0.05, 0) is 55.2 Å². The van der Waals surface area contributed by atoms with Crippen LogP contribution in [0.3, 0.4) is 0 Å². The number of hydrogen-bond donors (Lipinski definition) is 2. The first-order valence-electron chi connectivity index (χ1n) is 5.93. The Morgan fingerprint density at radius 1 is 1.37 bits per heavy atom. The molecule has 1 atom stereocenters. The van der Waals surface area contributed by atoms with E-state index in [1.54, 1.807) is 24.3 Å². The molecule has 0 fully saturated rings. The van der Waals surface area contributed by atoms with Crippen LogP contribution < -0.4 is 10.6 Å². The molecule has 0 radical (unpaired) electrons. The van der Waals surface area contributed by atoms with Crippen molar-refractivity contribution in [1.29, 1.82) is 0 Å². The normalized spacial score (nSPS) is 11.9. The quantitative estimate of drug-likeness (QED) is 0.828. The number of aryl methyl sites for hydroxylation is 1. The molecule has 5 heteroatoms. The number of benzene rings is 1. The smallest absolute Gasteiger partial charge is 0.171 e. The number of nitrogens with one attached hydrogen (secondary N) is 2. The van der Waals surface area contributed by atoms with Gasteiger partial charge in [0.05, 0.1) is 6.04 Å². The molecule has 100 valence electrons. The summed E-state index contributed by atoms with van der Waals surface area (Å²) in [6.07, 6.45) is 0. The molecule has 0 saturated heterocycles. The predicted octanol–water partition coefficient (Wildman–Crippen LogP) is 4.24. The topological polar surface area (TPSA) is 24.1 Å². The van der Waals surface area contributed by atoms with Crippen LogP contribution in [0.2, 0.25) is 0 Å². The Balaban J connectivity index is 1.95. The Bertz CT molecular complexity index is 567. The van der Waals surface area contributed by atoms with Crippen LogP contribution >= 0.6 is 23.6 Å². The summed E-state index contributed by atoms with van der Waals surface area (Å²) in [5, 5.41) is 8.68. The summed E-state index contributed by atoms with van der Waals surface area (Å²) in [6, 6.07) is 9.17. The van der Waals surface area contributed by atoms with Crippen LogP contribution in [0.5, 0.6) is 0 Å². The number of thiophene rings is 1. The minimum Gasteiger partial charge on any atom is -0.355 e. The van der Waals surface area contributed by atoms with E-state index in [0.717, 1.165) is 0 Å². The maximum atomic E-state index is 13.4.